The number of pyridine rings is 1. The number of nitrogens with two attached hydrogens (primary N) is 1. The van der Waals surface area contributed by atoms with Crippen LogP contribution >= 0.6 is 0 Å². The number of hydrogen-bond acceptors (Lipinski definition) is 4. The lowest BCUT2D eigenvalue weighted by atomic mass is 9.85. The zero-order chi connectivity index (χ0) is 19.2. The SMILES string of the molecule is CCOc1cc(N2C(=O)C(C)(C)c3cc(C(N)=O)c(F)cc32)c(F)cn1. The van der Waals surface area contributed by atoms with Gasteiger partial charge in [-0.2, -0.15) is 0 Å². The van der Waals surface area contributed by atoms with Gasteiger partial charge in [-0.25, -0.2) is 13.8 Å². The quantitative estimate of drug-likeness (QED) is 0.907. The molecule has 2 heterocycles. The molecule has 1 aromatic heterocycles. The number of rotatable bonds is 4. The highest BCUT2D eigenvalue weighted by Crippen LogP contribution is 2.47. The fourth-order valence-corrected chi connectivity index (χ4v) is 2.99. The summed E-state index contributed by atoms with van der Waals surface area (Å²) >= 11 is 0. The highest BCUT2D eigenvalue weighted by Gasteiger charge is 2.46. The smallest absolute Gasteiger partial charge is 0.251 e. The van der Waals surface area contributed by atoms with Crippen molar-refractivity contribution in [2.24, 2.45) is 5.73 Å². The molecule has 6 nitrogen and oxygen atoms in total. The van der Waals surface area contributed by atoms with Crippen LogP contribution in [0.5, 0.6) is 5.88 Å². The topological polar surface area (TPSA) is 85.5 Å². The molecule has 0 spiro atoms. The van der Waals surface area contributed by atoms with E-state index in [-0.39, 0.29) is 22.8 Å². The molecular formula is C18H17F2N3O3. The largest absolute Gasteiger partial charge is 0.478 e. The van der Waals surface area contributed by atoms with E-state index in [0.717, 1.165) is 17.2 Å². The van der Waals surface area contributed by atoms with Crippen LogP contribution in [0.25, 0.3) is 0 Å². The maximum Gasteiger partial charge on any atom is 0.251 e. The second-order valence-electron chi connectivity index (χ2n) is 6.39. The molecule has 0 atom stereocenters. The van der Waals surface area contributed by atoms with Crippen molar-refractivity contribution in [3.05, 3.63) is 47.2 Å². The minimum Gasteiger partial charge on any atom is -0.478 e. The third-order valence-corrected chi connectivity index (χ3v) is 4.35. The molecule has 0 bridgehead atoms. The molecule has 1 aliphatic rings. The minimum absolute atomic E-state index is 0.105. The Morgan fingerprint density at radius 3 is 2.54 bits per heavy atom. The molecule has 8 heteroatoms. The van der Waals surface area contributed by atoms with E-state index in [1.807, 2.05) is 0 Å². The fraction of sp³-hybridized carbons (Fsp3) is 0.278. The monoisotopic (exact) mass is 361 g/mol. The summed E-state index contributed by atoms with van der Waals surface area (Å²) in [5.41, 5.74) is 4.19. The highest BCUT2D eigenvalue weighted by molar-refractivity contribution is 6.13. The van der Waals surface area contributed by atoms with Crippen LogP contribution in [0.15, 0.2) is 24.4 Å². The van der Waals surface area contributed by atoms with Gasteiger partial charge in [0, 0.05) is 6.07 Å². The van der Waals surface area contributed by atoms with Gasteiger partial charge in [0.1, 0.15) is 5.82 Å². The fourth-order valence-electron chi connectivity index (χ4n) is 2.99. The average Bonchev–Trinajstić information content (AvgIpc) is 2.75. The molecule has 136 valence electrons. The van der Waals surface area contributed by atoms with Crippen LogP contribution in [0, 0.1) is 11.6 Å². The maximum atomic E-state index is 14.4. The maximum absolute atomic E-state index is 14.4. The summed E-state index contributed by atoms with van der Waals surface area (Å²) in [6, 6.07) is 3.54. The van der Waals surface area contributed by atoms with Crippen molar-refractivity contribution in [1.82, 2.24) is 4.98 Å². The number of benzene rings is 1. The third kappa shape index (κ3) is 2.58. The number of anilines is 2. The second kappa shape index (κ2) is 6.05. The summed E-state index contributed by atoms with van der Waals surface area (Å²) in [6.45, 7) is 5.27. The first-order chi connectivity index (χ1) is 12.2. The first-order valence-corrected chi connectivity index (χ1v) is 7.95. The number of aromatic nitrogens is 1. The predicted molar refractivity (Wildman–Crippen MR) is 90.5 cm³/mol. The van der Waals surface area contributed by atoms with E-state index >= 15 is 0 Å². The van der Waals surface area contributed by atoms with Gasteiger partial charge in [-0.3, -0.25) is 14.5 Å². The molecule has 26 heavy (non-hydrogen) atoms. The number of fused-ring (bicyclic) bond motifs is 1. The summed E-state index contributed by atoms with van der Waals surface area (Å²) in [7, 11) is 0. The van der Waals surface area contributed by atoms with Crippen LogP contribution in [0.4, 0.5) is 20.2 Å². The number of amides is 2. The highest BCUT2D eigenvalue weighted by atomic mass is 19.1. The van der Waals surface area contributed by atoms with Gasteiger partial charge in [-0.05, 0) is 38.5 Å². The molecule has 0 saturated heterocycles. The lowest BCUT2D eigenvalue weighted by molar-refractivity contribution is -0.121. The molecule has 0 saturated carbocycles. The summed E-state index contributed by atoms with van der Waals surface area (Å²) in [6.07, 6.45) is 0.937. The van der Waals surface area contributed by atoms with E-state index in [9.17, 15) is 18.4 Å². The van der Waals surface area contributed by atoms with Crippen molar-refractivity contribution in [3.63, 3.8) is 0 Å². The van der Waals surface area contributed by atoms with Crippen molar-refractivity contribution >= 4 is 23.2 Å². The van der Waals surface area contributed by atoms with Gasteiger partial charge in [0.2, 0.25) is 11.8 Å². The first kappa shape index (κ1) is 17.8. The standard InChI is InChI=1S/C18H17F2N3O3/c1-4-26-15-7-14(12(20)8-22-15)23-13-6-11(19)9(16(21)24)5-10(13)18(2,3)17(23)25/h5-8H,4H2,1-3H3,(H2,21,24). The second-order valence-corrected chi connectivity index (χ2v) is 6.39. The molecular weight excluding hydrogens is 344 g/mol. The van der Waals surface area contributed by atoms with Gasteiger partial charge >= 0.3 is 0 Å². The van der Waals surface area contributed by atoms with Crippen LogP contribution in [0.3, 0.4) is 0 Å². The minimum atomic E-state index is -1.10. The molecule has 0 fully saturated rings. The predicted octanol–water partition coefficient (Wildman–Crippen LogP) is 2.81. The first-order valence-electron chi connectivity index (χ1n) is 7.95. The molecule has 2 N–H and O–H groups in total. The Bertz CT molecular complexity index is 928. The van der Waals surface area contributed by atoms with Crippen molar-refractivity contribution in [2.45, 2.75) is 26.2 Å². The lowest BCUT2D eigenvalue weighted by Gasteiger charge is -2.21. The Balaban J connectivity index is 2.24. The molecule has 2 aromatic rings. The van der Waals surface area contributed by atoms with Crippen molar-refractivity contribution in [3.8, 4) is 5.88 Å². The Morgan fingerprint density at radius 2 is 1.92 bits per heavy atom. The number of hydrogen-bond donors (Lipinski definition) is 1. The van der Waals surface area contributed by atoms with Crippen LogP contribution in [0.2, 0.25) is 0 Å². The zero-order valence-corrected chi connectivity index (χ0v) is 14.5. The summed E-state index contributed by atoms with van der Waals surface area (Å²) < 4.78 is 34.0. The number of primary amides is 1. The Labute approximate surface area is 148 Å². The molecule has 3 rings (SSSR count). The normalized spacial score (nSPS) is 15.1. The molecule has 0 radical (unpaired) electrons. The summed E-state index contributed by atoms with van der Waals surface area (Å²) in [4.78, 5) is 29.3. The number of carbonyl (C=O) groups is 2. The van der Waals surface area contributed by atoms with Crippen molar-refractivity contribution < 1.29 is 23.1 Å². The van der Waals surface area contributed by atoms with Gasteiger partial charge < -0.3 is 10.5 Å². The Kier molecular flexibility index (Phi) is 4.14. The molecule has 0 unspecified atom stereocenters. The Hall–Kier alpha value is -3.03. The van der Waals surface area contributed by atoms with Crippen molar-refractivity contribution in [1.29, 1.82) is 0 Å². The molecule has 0 aliphatic carbocycles. The van der Waals surface area contributed by atoms with E-state index in [1.165, 1.54) is 12.1 Å². The lowest BCUT2D eigenvalue weighted by Crippen LogP contribution is -2.33. The molecule has 1 aliphatic heterocycles. The number of halogens is 2. The van der Waals surface area contributed by atoms with Crippen LogP contribution in [-0.2, 0) is 10.2 Å². The van der Waals surface area contributed by atoms with E-state index in [1.54, 1.807) is 20.8 Å². The van der Waals surface area contributed by atoms with Crippen molar-refractivity contribution in [2.75, 3.05) is 11.5 Å². The third-order valence-electron chi connectivity index (χ3n) is 4.35. The van der Waals surface area contributed by atoms with Crippen LogP contribution in [-0.4, -0.2) is 23.4 Å². The average molecular weight is 361 g/mol. The van der Waals surface area contributed by atoms with Gasteiger partial charge in [0.15, 0.2) is 5.82 Å². The van der Waals surface area contributed by atoms with Gasteiger partial charge in [-0.1, -0.05) is 0 Å². The van der Waals surface area contributed by atoms with E-state index in [0.29, 0.717) is 12.2 Å². The van der Waals surface area contributed by atoms with Crippen LogP contribution in [0.1, 0.15) is 36.7 Å². The summed E-state index contributed by atoms with van der Waals surface area (Å²) in [5.74, 6) is -2.92. The van der Waals surface area contributed by atoms with E-state index in [4.69, 9.17) is 10.5 Å². The number of ether oxygens (including phenoxy) is 1. The van der Waals surface area contributed by atoms with E-state index < -0.39 is 28.9 Å². The van der Waals surface area contributed by atoms with E-state index in [2.05, 4.69) is 4.98 Å². The van der Waals surface area contributed by atoms with Gasteiger partial charge in [-0.15, -0.1) is 0 Å². The molecule has 1 aromatic carbocycles. The number of carbonyl (C=O) groups excluding carboxylic acids is 2. The van der Waals surface area contributed by atoms with Gasteiger partial charge in [0.25, 0.3) is 5.91 Å². The summed E-state index contributed by atoms with van der Waals surface area (Å²) in [5, 5.41) is 0. The molecule has 2 amide bonds. The Morgan fingerprint density at radius 1 is 1.23 bits per heavy atom. The van der Waals surface area contributed by atoms with Crippen LogP contribution < -0.4 is 15.4 Å². The zero-order valence-electron chi connectivity index (χ0n) is 14.5. The van der Waals surface area contributed by atoms with Gasteiger partial charge in [0.05, 0.1) is 35.2 Å². The number of nitrogens with zero attached hydrogens (tertiary/aromatic N) is 2.